The molecule has 0 aliphatic heterocycles. The second-order valence-corrected chi connectivity index (χ2v) is 5.79. The van der Waals surface area contributed by atoms with Crippen LogP contribution in [0.2, 0.25) is 0 Å². The monoisotopic (exact) mass is 322 g/mol. The number of halogens is 1. The third-order valence-electron chi connectivity index (χ3n) is 3.76. The summed E-state index contributed by atoms with van der Waals surface area (Å²) in [7, 11) is 0. The van der Waals surface area contributed by atoms with E-state index in [0.29, 0.717) is 6.54 Å². The average molecular weight is 323 g/mol. The van der Waals surface area contributed by atoms with E-state index in [1.165, 1.54) is 0 Å². The molecule has 5 heteroatoms. The Kier molecular flexibility index (Phi) is 3.52. The second kappa shape index (κ2) is 5.82. The molecule has 4 aromatic rings. The number of para-hydroxylation sites is 2. The summed E-state index contributed by atoms with van der Waals surface area (Å²) in [5, 5.41) is 0. The fourth-order valence-corrected chi connectivity index (χ4v) is 2.81. The molecule has 2 aromatic heterocycles. The lowest BCUT2D eigenvalue weighted by Gasteiger charge is -2.13. The minimum atomic E-state index is 0.639. The zero-order valence-corrected chi connectivity index (χ0v) is 13.1. The van der Waals surface area contributed by atoms with Gasteiger partial charge in [-0.2, -0.15) is 0 Å². The van der Waals surface area contributed by atoms with E-state index < -0.39 is 0 Å². The first-order chi connectivity index (χ1) is 11.3. The number of anilines is 1. The number of H-pyrrole nitrogens is 2. The lowest BCUT2D eigenvalue weighted by molar-refractivity contribution is 1.05. The Balaban J connectivity index is 1.58. The average Bonchev–Trinajstić information content (AvgIpc) is 3.22. The SMILES string of the molecule is ClN(Cc1ccccc1)c1c[nH]c(-c2nc3ccccc3[nH]2)c1. The molecule has 2 heterocycles. The number of imidazole rings is 1. The third kappa shape index (κ3) is 2.81. The molecule has 0 unspecified atom stereocenters. The number of nitrogens with one attached hydrogen (secondary N) is 2. The van der Waals surface area contributed by atoms with Gasteiger partial charge in [-0.25, -0.2) is 4.98 Å². The topological polar surface area (TPSA) is 47.7 Å². The van der Waals surface area contributed by atoms with Crippen molar-refractivity contribution in [1.29, 1.82) is 0 Å². The van der Waals surface area contributed by atoms with Crippen LogP contribution in [0.4, 0.5) is 5.69 Å². The highest BCUT2D eigenvalue weighted by Crippen LogP contribution is 2.26. The Morgan fingerprint density at radius 1 is 1.00 bits per heavy atom. The molecule has 4 rings (SSSR count). The molecule has 0 saturated heterocycles. The number of rotatable bonds is 4. The first-order valence-electron chi connectivity index (χ1n) is 7.40. The Morgan fingerprint density at radius 3 is 2.61 bits per heavy atom. The number of aromatic nitrogens is 3. The first-order valence-corrected chi connectivity index (χ1v) is 7.74. The standard InChI is InChI=1S/C18H15ClN4/c19-23(12-13-6-2-1-3-7-13)14-10-17(20-11-14)18-21-15-8-4-5-9-16(15)22-18/h1-11,20H,12H2,(H,21,22). The van der Waals surface area contributed by atoms with Crippen LogP contribution in [-0.4, -0.2) is 15.0 Å². The van der Waals surface area contributed by atoms with Gasteiger partial charge in [0.25, 0.3) is 0 Å². The molecule has 0 radical (unpaired) electrons. The Hall–Kier alpha value is -2.72. The minimum absolute atomic E-state index is 0.639. The normalized spacial score (nSPS) is 11.0. The zero-order chi connectivity index (χ0) is 15.6. The number of hydrogen-bond donors (Lipinski definition) is 2. The number of aromatic amines is 2. The van der Waals surface area contributed by atoms with E-state index >= 15 is 0 Å². The fourth-order valence-electron chi connectivity index (χ4n) is 2.58. The summed E-state index contributed by atoms with van der Waals surface area (Å²) in [5.74, 6) is 0.808. The third-order valence-corrected chi connectivity index (χ3v) is 4.07. The van der Waals surface area contributed by atoms with Gasteiger partial charge in [0.05, 0.1) is 29.0 Å². The highest BCUT2D eigenvalue weighted by atomic mass is 35.5. The van der Waals surface area contributed by atoms with Crippen LogP contribution in [0.3, 0.4) is 0 Å². The molecule has 2 aromatic carbocycles. The van der Waals surface area contributed by atoms with Gasteiger partial charge in [-0.05, 0) is 23.8 Å². The quantitative estimate of drug-likeness (QED) is 0.534. The summed E-state index contributed by atoms with van der Waals surface area (Å²) in [6, 6.07) is 20.1. The minimum Gasteiger partial charge on any atom is -0.357 e. The van der Waals surface area contributed by atoms with Crippen LogP contribution >= 0.6 is 11.8 Å². The van der Waals surface area contributed by atoms with Crippen LogP contribution in [0.1, 0.15) is 5.56 Å². The summed E-state index contributed by atoms with van der Waals surface area (Å²) < 4.78 is 1.69. The maximum Gasteiger partial charge on any atom is 0.155 e. The van der Waals surface area contributed by atoms with Crippen LogP contribution < -0.4 is 4.42 Å². The van der Waals surface area contributed by atoms with Crippen molar-refractivity contribution < 1.29 is 0 Å². The molecular weight excluding hydrogens is 308 g/mol. The molecule has 0 saturated carbocycles. The molecule has 0 spiro atoms. The number of hydrogen-bond acceptors (Lipinski definition) is 2. The van der Waals surface area contributed by atoms with Gasteiger partial charge < -0.3 is 9.97 Å². The molecule has 0 atom stereocenters. The predicted octanol–water partition coefficient (Wildman–Crippen LogP) is 4.72. The predicted molar refractivity (Wildman–Crippen MR) is 94.4 cm³/mol. The van der Waals surface area contributed by atoms with Gasteiger partial charge in [0.1, 0.15) is 0 Å². The van der Waals surface area contributed by atoms with Crippen molar-refractivity contribution in [2.24, 2.45) is 0 Å². The van der Waals surface area contributed by atoms with Gasteiger partial charge in [0.15, 0.2) is 5.82 Å². The lowest BCUT2D eigenvalue weighted by Crippen LogP contribution is -2.08. The largest absolute Gasteiger partial charge is 0.357 e. The molecule has 4 nitrogen and oxygen atoms in total. The van der Waals surface area contributed by atoms with Gasteiger partial charge in [-0.3, -0.25) is 4.42 Å². The first kappa shape index (κ1) is 13.9. The van der Waals surface area contributed by atoms with Crippen molar-refractivity contribution in [2.75, 3.05) is 4.42 Å². The number of nitrogens with zero attached hydrogens (tertiary/aromatic N) is 2. The van der Waals surface area contributed by atoms with E-state index in [1.54, 1.807) is 4.42 Å². The second-order valence-electron chi connectivity index (χ2n) is 5.38. The molecule has 0 aliphatic rings. The van der Waals surface area contributed by atoms with Gasteiger partial charge in [0.2, 0.25) is 0 Å². The van der Waals surface area contributed by atoms with Crippen LogP contribution in [0.25, 0.3) is 22.6 Å². The summed E-state index contributed by atoms with van der Waals surface area (Å²) >= 11 is 6.40. The fraction of sp³-hybridized carbons (Fsp3) is 0.0556. The summed E-state index contributed by atoms with van der Waals surface area (Å²) in [5.41, 5.74) is 4.95. The maximum absolute atomic E-state index is 6.40. The lowest BCUT2D eigenvalue weighted by atomic mass is 10.2. The zero-order valence-electron chi connectivity index (χ0n) is 12.3. The van der Waals surface area contributed by atoms with Gasteiger partial charge in [-0.15, -0.1) is 0 Å². The molecule has 0 aliphatic carbocycles. The van der Waals surface area contributed by atoms with E-state index in [4.69, 9.17) is 11.8 Å². The van der Waals surface area contributed by atoms with Gasteiger partial charge in [0, 0.05) is 18.0 Å². The summed E-state index contributed by atoms with van der Waals surface area (Å²) in [6.07, 6.45) is 1.89. The van der Waals surface area contributed by atoms with E-state index in [9.17, 15) is 0 Å². The van der Waals surface area contributed by atoms with Crippen molar-refractivity contribution in [3.63, 3.8) is 0 Å². The Labute approximate surface area is 138 Å². The van der Waals surface area contributed by atoms with E-state index in [2.05, 4.69) is 27.1 Å². The summed E-state index contributed by atoms with van der Waals surface area (Å²) in [6.45, 7) is 0.639. The molecular formula is C18H15ClN4. The molecule has 0 fully saturated rings. The molecule has 0 amide bonds. The Bertz CT molecular complexity index is 893. The van der Waals surface area contributed by atoms with Crippen LogP contribution in [0, 0.1) is 0 Å². The van der Waals surface area contributed by atoms with Crippen molar-refractivity contribution in [2.45, 2.75) is 6.54 Å². The highest BCUT2D eigenvalue weighted by Gasteiger charge is 2.11. The van der Waals surface area contributed by atoms with Gasteiger partial charge in [-0.1, -0.05) is 42.5 Å². The molecule has 2 N–H and O–H groups in total. The smallest absolute Gasteiger partial charge is 0.155 e. The molecule has 23 heavy (non-hydrogen) atoms. The van der Waals surface area contributed by atoms with Gasteiger partial charge >= 0.3 is 0 Å². The van der Waals surface area contributed by atoms with Crippen molar-refractivity contribution in [3.05, 3.63) is 72.4 Å². The van der Waals surface area contributed by atoms with E-state index in [0.717, 1.165) is 33.8 Å². The van der Waals surface area contributed by atoms with Crippen LogP contribution in [0.5, 0.6) is 0 Å². The molecule has 0 bridgehead atoms. The van der Waals surface area contributed by atoms with Crippen molar-refractivity contribution >= 4 is 28.5 Å². The van der Waals surface area contributed by atoms with Crippen LogP contribution in [-0.2, 0) is 6.54 Å². The Morgan fingerprint density at radius 2 is 1.78 bits per heavy atom. The van der Waals surface area contributed by atoms with Crippen molar-refractivity contribution in [1.82, 2.24) is 15.0 Å². The van der Waals surface area contributed by atoms with Crippen LogP contribution in [0.15, 0.2) is 66.9 Å². The number of benzene rings is 2. The maximum atomic E-state index is 6.40. The van der Waals surface area contributed by atoms with E-state index in [1.807, 2.05) is 54.7 Å². The summed E-state index contributed by atoms with van der Waals surface area (Å²) in [4.78, 5) is 11.1. The van der Waals surface area contributed by atoms with Crippen molar-refractivity contribution in [3.8, 4) is 11.5 Å². The number of fused-ring (bicyclic) bond motifs is 1. The highest BCUT2D eigenvalue weighted by molar-refractivity contribution is 6.25. The molecule has 114 valence electrons. The van der Waals surface area contributed by atoms with E-state index in [-0.39, 0.29) is 0 Å².